The highest BCUT2D eigenvalue weighted by Gasteiger charge is 2.14. The number of rotatable bonds is 1. The highest BCUT2D eigenvalue weighted by Crippen LogP contribution is 2.37. The van der Waals surface area contributed by atoms with E-state index in [1.807, 2.05) is 0 Å². The maximum atomic E-state index is 3.52. The summed E-state index contributed by atoms with van der Waals surface area (Å²) in [6, 6.07) is 30.8. The molecule has 7 aromatic rings. The van der Waals surface area contributed by atoms with E-state index in [2.05, 4.69) is 101 Å². The zero-order chi connectivity index (χ0) is 18.2. The third-order valence-electron chi connectivity index (χ3n) is 6.08. The van der Waals surface area contributed by atoms with Crippen LogP contribution in [0.4, 0.5) is 0 Å². The average Bonchev–Trinajstić information content (AvgIpc) is 3.42. The van der Waals surface area contributed by atoms with Crippen LogP contribution in [0.15, 0.2) is 91.1 Å². The molecule has 0 saturated heterocycles. The van der Waals surface area contributed by atoms with Crippen LogP contribution >= 0.6 is 0 Å². The Labute approximate surface area is 161 Å². The maximum Gasteiger partial charge on any atom is 0.0608 e. The van der Waals surface area contributed by atoms with Gasteiger partial charge in [0.25, 0.3) is 0 Å². The Kier molecular flexibility index (Phi) is 2.52. The van der Waals surface area contributed by atoms with Crippen molar-refractivity contribution in [2.45, 2.75) is 0 Å². The largest absolute Gasteiger partial charge is 0.355 e. The number of para-hydroxylation sites is 2. The average molecular weight is 356 g/mol. The summed E-state index contributed by atoms with van der Waals surface area (Å²) in [5.74, 6) is 0. The van der Waals surface area contributed by atoms with Gasteiger partial charge in [-0.2, -0.15) is 0 Å². The van der Waals surface area contributed by atoms with E-state index in [4.69, 9.17) is 0 Å². The number of benzene rings is 4. The molecule has 0 amide bonds. The topological polar surface area (TPSA) is 20.2 Å². The van der Waals surface area contributed by atoms with Crippen molar-refractivity contribution in [3.05, 3.63) is 91.1 Å². The number of hydrogen-bond donors (Lipinski definition) is 1. The quantitative estimate of drug-likeness (QED) is 0.327. The number of hydrogen-bond acceptors (Lipinski definition) is 0. The molecule has 7 rings (SSSR count). The Morgan fingerprint density at radius 2 is 1.36 bits per heavy atom. The molecule has 2 nitrogen and oxygen atoms in total. The van der Waals surface area contributed by atoms with Gasteiger partial charge in [0.05, 0.1) is 11.0 Å². The van der Waals surface area contributed by atoms with Crippen LogP contribution in [0, 0.1) is 0 Å². The van der Waals surface area contributed by atoms with Crippen molar-refractivity contribution < 1.29 is 0 Å². The number of aromatic nitrogens is 2. The summed E-state index contributed by atoms with van der Waals surface area (Å²) < 4.78 is 2.31. The molecule has 28 heavy (non-hydrogen) atoms. The van der Waals surface area contributed by atoms with Crippen molar-refractivity contribution >= 4 is 49.0 Å². The van der Waals surface area contributed by atoms with Gasteiger partial charge in [0.15, 0.2) is 0 Å². The molecule has 3 heterocycles. The molecule has 3 aromatic heterocycles. The molecule has 1 N–H and O–H groups in total. The van der Waals surface area contributed by atoms with Gasteiger partial charge in [-0.1, -0.05) is 42.5 Å². The standard InChI is InChI=1S/C26H16N2/c1-3-7-23-19(5-1)21-14-16(9-10-24(21)27-23)18-13-17-11-12-28-25-8-4-2-6-20(25)22(15-18)26(17)28/h1-15,27H. The summed E-state index contributed by atoms with van der Waals surface area (Å²) in [5, 5.41) is 6.50. The van der Waals surface area contributed by atoms with E-state index in [9.17, 15) is 0 Å². The minimum atomic E-state index is 1.19. The molecule has 0 aliphatic carbocycles. The zero-order valence-electron chi connectivity index (χ0n) is 15.1. The van der Waals surface area contributed by atoms with E-state index in [1.54, 1.807) is 0 Å². The van der Waals surface area contributed by atoms with Gasteiger partial charge in [-0.15, -0.1) is 0 Å². The molecule has 130 valence electrons. The lowest BCUT2D eigenvalue weighted by Gasteiger charge is -2.04. The molecule has 0 atom stereocenters. The molecule has 0 aliphatic heterocycles. The summed E-state index contributed by atoms with van der Waals surface area (Å²) in [6.45, 7) is 0. The predicted octanol–water partition coefficient (Wildman–Crippen LogP) is 6.99. The zero-order valence-corrected chi connectivity index (χ0v) is 15.1. The lowest BCUT2D eigenvalue weighted by atomic mass is 9.99. The second-order valence-corrected chi connectivity index (χ2v) is 7.60. The van der Waals surface area contributed by atoms with Crippen molar-refractivity contribution in [2.75, 3.05) is 0 Å². The van der Waals surface area contributed by atoms with Crippen LogP contribution in [0.3, 0.4) is 0 Å². The Morgan fingerprint density at radius 3 is 2.32 bits per heavy atom. The van der Waals surface area contributed by atoms with Crippen molar-refractivity contribution in [3.8, 4) is 11.1 Å². The Balaban J connectivity index is 1.56. The van der Waals surface area contributed by atoms with E-state index in [0.717, 1.165) is 0 Å². The summed E-state index contributed by atoms with van der Waals surface area (Å²) in [7, 11) is 0. The minimum Gasteiger partial charge on any atom is -0.355 e. The van der Waals surface area contributed by atoms with Crippen molar-refractivity contribution in [2.24, 2.45) is 0 Å². The lowest BCUT2D eigenvalue weighted by Crippen LogP contribution is -1.80. The molecule has 0 aliphatic rings. The van der Waals surface area contributed by atoms with E-state index < -0.39 is 0 Å². The number of aromatic amines is 1. The number of H-pyrrole nitrogens is 1. The molecule has 0 unspecified atom stereocenters. The molecule has 0 fully saturated rings. The summed E-state index contributed by atoms with van der Waals surface area (Å²) in [5.41, 5.74) is 7.49. The maximum absolute atomic E-state index is 3.52. The number of nitrogens with one attached hydrogen (secondary N) is 1. The van der Waals surface area contributed by atoms with Crippen LogP contribution in [-0.4, -0.2) is 9.38 Å². The van der Waals surface area contributed by atoms with Gasteiger partial charge in [0, 0.05) is 44.2 Å². The molecule has 4 aromatic carbocycles. The summed E-state index contributed by atoms with van der Waals surface area (Å²) >= 11 is 0. The van der Waals surface area contributed by atoms with E-state index >= 15 is 0 Å². The normalized spacial score (nSPS) is 12.3. The summed E-state index contributed by atoms with van der Waals surface area (Å²) in [4.78, 5) is 3.52. The van der Waals surface area contributed by atoms with Gasteiger partial charge in [-0.05, 0) is 53.6 Å². The van der Waals surface area contributed by atoms with Crippen LogP contribution in [0.1, 0.15) is 0 Å². The fourth-order valence-electron chi connectivity index (χ4n) is 4.79. The first-order valence-corrected chi connectivity index (χ1v) is 9.62. The summed E-state index contributed by atoms with van der Waals surface area (Å²) in [6.07, 6.45) is 2.19. The molecule has 0 bridgehead atoms. The van der Waals surface area contributed by atoms with Crippen LogP contribution in [-0.2, 0) is 0 Å². The highest BCUT2D eigenvalue weighted by molar-refractivity contribution is 6.16. The fourth-order valence-corrected chi connectivity index (χ4v) is 4.79. The lowest BCUT2D eigenvalue weighted by molar-refractivity contribution is 1.30. The van der Waals surface area contributed by atoms with Gasteiger partial charge in [-0.3, -0.25) is 0 Å². The molecule has 0 radical (unpaired) electrons. The van der Waals surface area contributed by atoms with E-state index in [-0.39, 0.29) is 0 Å². The second-order valence-electron chi connectivity index (χ2n) is 7.60. The van der Waals surface area contributed by atoms with Crippen LogP contribution in [0.2, 0.25) is 0 Å². The van der Waals surface area contributed by atoms with Crippen LogP contribution in [0.25, 0.3) is 60.1 Å². The Bertz CT molecular complexity index is 1660. The highest BCUT2D eigenvalue weighted by atomic mass is 14.9. The predicted molar refractivity (Wildman–Crippen MR) is 118 cm³/mol. The van der Waals surface area contributed by atoms with Crippen LogP contribution < -0.4 is 0 Å². The van der Waals surface area contributed by atoms with E-state index in [1.165, 1.54) is 60.1 Å². The van der Waals surface area contributed by atoms with Gasteiger partial charge in [-0.25, -0.2) is 0 Å². The molecule has 0 spiro atoms. The molecule has 0 saturated carbocycles. The van der Waals surface area contributed by atoms with Crippen LogP contribution in [0.5, 0.6) is 0 Å². The third-order valence-corrected chi connectivity index (χ3v) is 6.08. The number of nitrogens with zero attached hydrogens (tertiary/aromatic N) is 1. The Morgan fingerprint density at radius 1 is 0.571 bits per heavy atom. The minimum absolute atomic E-state index is 1.19. The first-order chi connectivity index (χ1) is 13.9. The van der Waals surface area contributed by atoms with Crippen molar-refractivity contribution in [3.63, 3.8) is 0 Å². The van der Waals surface area contributed by atoms with Crippen molar-refractivity contribution in [1.82, 2.24) is 9.38 Å². The fraction of sp³-hybridized carbons (Fsp3) is 0. The molecule has 2 heteroatoms. The smallest absolute Gasteiger partial charge is 0.0608 e. The molecular weight excluding hydrogens is 340 g/mol. The molecular formula is C26H16N2. The third kappa shape index (κ3) is 1.72. The first-order valence-electron chi connectivity index (χ1n) is 9.62. The first kappa shape index (κ1) is 14.3. The monoisotopic (exact) mass is 356 g/mol. The number of fused-ring (bicyclic) bond motifs is 6. The SMILES string of the molecule is c1ccc2c(c1)[nH]c1ccc(-c3cc4ccn5c6ccccc6c(c3)c45)cc12. The Hall–Kier alpha value is -3.78. The van der Waals surface area contributed by atoms with Gasteiger partial charge < -0.3 is 9.38 Å². The van der Waals surface area contributed by atoms with Gasteiger partial charge >= 0.3 is 0 Å². The van der Waals surface area contributed by atoms with Gasteiger partial charge in [0.2, 0.25) is 0 Å². The second kappa shape index (κ2) is 4.93. The van der Waals surface area contributed by atoms with E-state index in [0.29, 0.717) is 0 Å². The van der Waals surface area contributed by atoms with Gasteiger partial charge in [0.1, 0.15) is 0 Å². The van der Waals surface area contributed by atoms with Crippen molar-refractivity contribution in [1.29, 1.82) is 0 Å².